The quantitative estimate of drug-likeness (QED) is 0.490. The Balaban J connectivity index is 2.25. The third kappa shape index (κ3) is 3.33. The first-order chi connectivity index (χ1) is 9.40. The fourth-order valence-electron chi connectivity index (χ4n) is 1.53. The highest BCUT2D eigenvalue weighted by Gasteiger charge is 2.33. The standard InChI is InChI=1S/C13H9ClF3NO2/c14-7-9-2-1-3-11(6-9)20-12-5-4-10(8-18(12)19)13(15,16)17/h1-6,8H,7H2. The molecule has 0 aliphatic carbocycles. The van der Waals surface area contributed by atoms with E-state index in [1.807, 2.05) is 0 Å². The molecule has 7 heteroatoms. The van der Waals surface area contributed by atoms with Gasteiger partial charge in [0.05, 0.1) is 6.07 Å². The van der Waals surface area contributed by atoms with Gasteiger partial charge in [0.2, 0.25) is 0 Å². The van der Waals surface area contributed by atoms with Crippen molar-refractivity contribution in [3.63, 3.8) is 0 Å². The van der Waals surface area contributed by atoms with Gasteiger partial charge in [-0.2, -0.15) is 13.2 Å². The first-order valence-corrected chi connectivity index (χ1v) is 6.07. The molecule has 106 valence electrons. The SMILES string of the molecule is [O-][n+]1cc(C(F)(F)F)ccc1Oc1cccc(CCl)c1. The minimum absolute atomic E-state index is 0.0379. The predicted octanol–water partition coefficient (Wildman–Crippen LogP) is 3.87. The Hall–Kier alpha value is -1.95. The first-order valence-electron chi connectivity index (χ1n) is 5.53. The Bertz CT molecular complexity index is 617. The van der Waals surface area contributed by atoms with Crippen molar-refractivity contribution in [2.75, 3.05) is 0 Å². The smallest absolute Gasteiger partial charge is 0.422 e. The number of benzene rings is 1. The van der Waals surface area contributed by atoms with Gasteiger partial charge in [0, 0.05) is 5.88 Å². The average Bonchev–Trinajstić information content (AvgIpc) is 2.40. The van der Waals surface area contributed by atoms with Crippen molar-refractivity contribution in [1.29, 1.82) is 0 Å². The number of rotatable bonds is 3. The lowest BCUT2D eigenvalue weighted by atomic mass is 10.2. The summed E-state index contributed by atoms with van der Waals surface area (Å²) in [5.41, 5.74) is -0.261. The molecule has 0 bridgehead atoms. The zero-order valence-corrected chi connectivity index (χ0v) is 10.8. The number of aromatic nitrogens is 1. The maximum Gasteiger partial charge on any atom is 0.422 e. The van der Waals surface area contributed by atoms with Crippen LogP contribution in [-0.2, 0) is 12.1 Å². The van der Waals surface area contributed by atoms with Crippen molar-refractivity contribution in [1.82, 2.24) is 0 Å². The van der Waals surface area contributed by atoms with E-state index in [4.69, 9.17) is 16.3 Å². The van der Waals surface area contributed by atoms with Crippen LogP contribution in [0.3, 0.4) is 0 Å². The van der Waals surface area contributed by atoms with Crippen LogP contribution in [0.5, 0.6) is 11.6 Å². The molecule has 1 heterocycles. The van der Waals surface area contributed by atoms with Crippen molar-refractivity contribution < 1.29 is 22.6 Å². The van der Waals surface area contributed by atoms with Crippen LogP contribution >= 0.6 is 11.6 Å². The summed E-state index contributed by atoms with van der Waals surface area (Å²) >= 11 is 5.66. The van der Waals surface area contributed by atoms with E-state index in [0.29, 0.717) is 11.9 Å². The van der Waals surface area contributed by atoms with Crippen LogP contribution in [0, 0.1) is 5.21 Å². The number of alkyl halides is 4. The highest BCUT2D eigenvalue weighted by atomic mass is 35.5. The lowest BCUT2D eigenvalue weighted by Gasteiger charge is -2.09. The molecule has 0 spiro atoms. The average molecular weight is 304 g/mol. The summed E-state index contributed by atoms with van der Waals surface area (Å²) in [6, 6.07) is 8.38. The van der Waals surface area contributed by atoms with Crippen LogP contribution in [0.15, 0.2) is 42.6 Å². The summed E-state index contributed by atoms with van der Waals surface area (Å²) in [6.45, 7) is 0. The van der Waals surface area contributed by atoms with E-state index < -0.39 is 11.7 Å². The van der Waals surface area contributed by atoms with Crippen LogP contribution in [0.25, 0.3) is 0 Å². The van der Waals surface area contributed by atoms with Gasteiger partial charge in [0.1, 0.15) is 11.3 Å². The Morgan fingerprint density at radius 2 is 1.95 bits per heavy atom. The van der Waals surface area contributed by atoms with Crippen LogP contribution in [0.4, 0.5) is 13.2 Å². The van der Waals surface area contributed by atoms with Gasteiger partial charge in [0.25, 0.3) is 0 Å². The van der Waals surface area contributed by atoms with E-state index in [9.17, 15) is 18.4 Å². The highest BCUT2D eigenvalue weighted by molar-refractivity contribution is 6.17. The molecule has 0 atom stereocenters. The zero-order valence-electron chi connectivity index (χ0n) is 10.0. The fourth-order valence-corrected chi connectivity index (χ4v) is 1.69. The molecule has 0 fully saturated rings. The van der Waals surface area contributed by atoms with Crippen molar-refractivity contribution in [2.24, 2.45) is 0 Å². The summed E-state index contributed by atoms with van der Waals surface area (Å²) in [7, 11) is 0. The highest BCUT2D eigenvalue weighted by Crippen LogP contribution is 2.29. The molecular formula is C13H9ClF3NO2. The predicted molar refractivity (Wildman–Crippen MR) is 66.5 cm³/mol. The Morgan fingerprint density at radius 1 is 1.20 bits per heavy atom. The summed E-state index contributed by atoms with van der Waals surface area (Å²) in [5, 5.41) is 11.5. The molecule has 20 heavy (non-hydrogen) atoms. The van der Waals surface area contributed by atoms with Crippen LogP contribution < -0.4 is 9.47 Å². The van der Waals surface area contributed by atoms with Crippen molar-refractivity contribution in [3.8, 4) is 11.6 Å². The topological polar surface area (TPSA) is 36.2 Å². The first kappa shape index (κ1) is 14.5. The number of pyridine rings is 1. The summed E-state index contributed by atoms with van der Waals surface area (Å²) < 4.78 is 42.5. The Labute approximate surface area is 117 Å². The largest absolute Gasteiger partial charge is 0.616 e. The number of nitrogens with zero attached hydrogens (tertiary/aromatic N) is 1. The number of hydrogen-bond acceptors (Lipinski definition) is 2. The van der Waals surface area contributed by atoms with E-state index in [0.717, 1.165) is 17.7 Å². The summed E-state index contributed by atoms with van der Waals surface area (Å²) in [5.74, 6) is 0.346. The monoisotopic (exact) mass is 303 g/mol. The van der Waals surface area contributed by atoms with Crippen molar-refractivity contribution >= 4 is 11.6 Å². The van der Waals surface area contributed by atoms with Gasteiger partial charge in [-0.1, -0.05) is 12.1 Å². The van der Waals surface area contributed by atoms with Gasteiger partial charge in [-0.3, -0.25) is 0 Å². The molecule has 2 rings (SSSR count). The molecule has 0 aliphatic rings. The minimum Gasteiger partial charge on any atom is -0.616 e. The van der Waals surface area contributed by atoms with Gasteiger partial charge in [0.15, 0.2) is 6.20 Å². The van der Waals surface area contributed by atoms with Gasteiger partial charge in [-0.25, -0.2) is 0 Å². The van der Waals surface area contributed by atoms with Gasteiger partial charge in [-0.05, 0) is 23.8 Å². The molecule has 3 nitrogen and oxygen atoms in total. The van der Waals surface area contributed by atoms with E-state index >= 15 is 0 Å². The molecule has 0 amide bonds. The number of halogens is 4. The second kappa shape index (κ2) is 5.58. The van der Waals surface area contributed by atoms with Crippen molar-refractivity contribution in [2.45, 2.75) is 12.1 Å². The molecule has 1 aromatic carbocycles. The van der Waals surface area contributed by atoms with Crippen LogP contribution in [-0.4, -0.2) is 0 Å². The maximum absolute atomic E-state index is 12.4. The summed E-state index contributed by atoms with van der Waals surface area (Å²) in [6.07, 6.45) is -4.13. The van der Waals surface area contributed by atoms with E-state index in [1.165, 1.54) is 0 Å². The number of ether oxygens (including phenoxy) is 1. The molecular weight excluding hydrogens is 295 g/mol. The molecule has 2 aromatic rings. The normalized spacial score (nSPS) is 11.4. The van der Waals surface area contributed by atoms with Gasteiger partial charge >= 0.3 is 12.1 Å². The lowest BCUT2D eigenvalue weighted by molar-refractivity contribution is -0.612. The van der Waals surface area contributed by atoms with Crippen LogP contribution in [0.1, 0.15) is 11.1 Å². The second-order valence-corrected chi connectivity index (χ2v) is 4.23. The molecule has 0 unspecified atom stereocenters. The zero-order chi connectivity index (χ0) is 14.8. The van der Waals surface area contributed by atoms with Crippen molar-refractivity contribution in [3.05, 3.63) is 58.9 Å². The lowest BCUT2D eigenvalue weighted by Crippen LogP contribution is -2.29. The minimum atomic E-state index is -4.57. The summed E-state index contributed by atoms with van der Waals surface area (Å²) in [4.78, 5) is 0. The van der Waals surface area contributed by atoms with Crippen LogP contribution in [0.2, 0.25) is 0 Å². The molecule has 0 N–H and O–H groups in total. The van der Waals surface area contributed by atoms with E-state index in [2.05, 4.69) is 0 Å². The Kier molecular flexibility index (Phi) is 4.04. The number of hydrogen-bond donors (Lipinski definition) is 0. The third-order valence-corrected chi connectivity index (χ3v) is 2.79. The van der Waals surface area contributed by atoms with Gasteiger partial charge < -0.3 is 9.94 Å². The molecule has 0 radical (unpaired) electrons. The Morgan fingerprint density at radius 3 is 2.55 bits per heavy atom. The molecule has 0 saturated carbocycles. The molecule has 0 saturated heterocycles. The molecule has 1 aromatic heterocycles. The van der Waals surface area contributed by atoms with Gasteiger partial charge in [-0.15, -0.1) is 16.3 Å². The maximum atomic E-state index is 12.4. The second-order valence-electron chi connectivity index (χ2n) is 3.96. The van der Waals surface area contributed by atoms with E-state index in [-0.39, 0.29) is 16.5 Å². The molecule has 0 aliphatic heterocycles. The van der Waals surface area contributed by atoms with E-state index in [1.54, 1.807) is 24.3 Å². The fraction of sp³-hybridized carbons (Fsp3) is 0.154. The third-order valence-electron chi connectivity index (χ3n) is 2.48.